The number of hydrogen-bond donors (Lipinski definition) is 2. The molecule has 4 nitrogen and oxygen atoms in total. The van der Waals surface area contributed by atoms with Crippen LogP contribution in [0.1, 0.15) is 37.7 Å². The molecule has 104 valence electrons. The average Bonchev–Trinajstić information content (AvgIpc) is 2.42. The second-order valence-electron chi connectivity index (χ2n) is 5.07. The van der Waals surface area contributed by atoms with E-state index in [1.165, 1.54) is 19.3 Å². The lowest BCUT2D eigenvalue weighted by atomic mass is 10.0. The molecule has 2 N–H and O–H groups in total. The minimum absolute atomic E-state index is 0.0379. The standard InChI is InChI=1S/C14H20ClN3O/c1-10-8-12(9-17-14(10)15)18-13(19)6-5-11-4-2-3-7-16-11/h8-9,11,16H,2-7H2,1H3,(H,18,19). The van der Waals surface area contributed by atoms with Gasteiger partial charge < -0.3 is 10.6 Å². The number of nitrogens with one attached hydrogen (secondary N) is 2. The first kappa shape index (κ1) is 14.3. The average molecular weight is 282 g/mol. The van der Waals surface area contributed by atoms with Crippen molar-refractivity contribution in [3.8, 4) is 0 Å². The van der Waals surface area contributed by atoms with Gasteiger partial charge in [0.05, 0.1) is 11.9 Å². The summed E-state index contributed by atoms with van der Waals surface area (Å²) >= 11 is 5.85. The van der Waals surface area contributed by atoms with E-state index in [1.807, 2.05) is 13.0 Å². The van der Waals surface area contributed by atoms with Crippen LogP contribution in [0.2, 0.25) is 5.15 Å². The fourth-order valence-electron chi connectivity index (χ4n) is 2.33. The zero-order chi connectivity index (χ0) is 13.7. The fourth-order valence-corrected chi connectivity index (χ4v) is 2.43. The van der Waals surface area contributed by atoms with E-state index in [4.69, 9.17) is 11.6 Å². The Hall–Kier alpha value is -1.13. The van der Waals surface area contributed by atoms with Gasteiger partial charge in [0.2, 0.25) is 5.91 Å². The molecule has 1 saturated heterocycles. The molecular formula is C14H20ClN3O. The molecule has 5 heteroatoms. The number of amides is 1. The molecule has 0 saturated carbocycles. The Balaban J connectivity index is 1.78. The molecule has 0 spiro atoms. The van der Waals surface area contributed by atoms with Crippen LogP contribution in [0.3, 0.4) is 0 Å². The van der Waals surface area contributed by atoms with Crippen LogP contribution in [0.4, 0.5) is 5.69 Å². The van der Waals surface area contributed by atoms with Crippen molar-refractivity contribution >= 4 is 23.2 Å². The smallest absolute Gasteiger partial charge is 0.224 e. The summed E-state index contributed by atoms with van der Waals surface area (Å²) in [6.45, 7) is 2.95. The van der Waals surface area contributed by atoms with E-state index in [-0.39, 0.29) is 5.91 Å². The summed E-state index contributed by atoms with van der Waals surface area (Å²) in [5.41, 5.74) is 1.58. The van der Waals surface area contributed by atoms with Crippen molar-refractivity contribution in [2.45, 2.75) is 45.1 Å². The number of hydrogen-bond acceptors (Lipinski definition) is 3. The molecule has 2 heterocycles. The Labute approximate surface area is 118 Å². The number of halogens is 1. The minimum Gasteiger partial charge on any atom is -0.325 e. The molecule has 0 radical (unpaired) electrons. The molecule has 1 amide bonds. The summed E-state index contributed by atoms with van der Waals surface area (Å²) in [4.78, 5) is 15.9. The summed E-state index contributed by atoms with van der Waals surface area (Å²) in [6.07, 6.45) is 6.71. The molecule has 0 aromatic carbocycles. The lowest BCUT2D eigenvalue weighted by Crippen LogP contribution is -2.34. The Morgan fingerprint density at radius 2 is 2.42 bits per heavy atom. The number of aromatic nitrogens is 1. The van der Waals surface area contributed by atoms with Crippen LogP contribution in [0.15, 0.2) is 12.3 Å². The summed E-state index contributed by atoms with van der Waals surface area (Å²) in [6, 6.07) is 2.33. The van der Waals surface area contributed by atoms with Crippen LogP contribution >= 0.6 is 11.6 Å². The number of nitrogens with zero attached hydrogens (tertiary/aromatic N) is 1. The SMILES string of the molecule is Cc1cc(NC(=O)CCC2CCCCN2)cnc1Cl. The van der Waals surface area contributed by atoms with Gasteiger partial charge in [-0.05, 0) is 44.4 Å². The van der Waals surface area contributed by atoms with Crippen LogP contribution in [-0.2, 0) is 4.79 Å². The van der Waals surface area contributed by atoms with Crippen molar-refractivity contribution in [2.24, 2.45) is 0 Å². The lowest BCUT2D eigenvalue weighted by molar-refractivity contribution is -0.116. The van der Waals surface area contributed by atoms with Gasteiger partial charge in [0, 0.05) is 12.5 Å². The first-order valence-electron chi connectivity index (χ1n) is 6.80. The van der Waals surface area contributed by atoms with Crippen molar-refractivity contribution in [1.29, 1.82) is 0 Å². The van der Waals surface area contributed by atoms with Crippen molar-refractivity contribution in [2.75, 3.05) is 11.9 Å². The Bertz CT molecular complexity index is 444. The molecule has 1 aliphatic rings. The predicted octanol–water partition coefficient (Wildman–Crippen LogP) is 2.90. The first-order valence-corrected chi connectivity index (χ1v) is 7.18. The predicted molar refractivity (Wildman–Crippen MR) is 77.5 cm³/mol. The highest BCUT2D eigenvalue weighted by Crippen LogP contribution is 2.17. The highest BCUT2D eigenvalue weighted by molar-refractivity contribution is 6.30. The number of rotatable bonds is 4. The van der Waals surface area contributed by atoms with E-state index in [0.29, 0.717) is 23.3 Å². The zero-order valence-corrected chi connectivity index (χ0v) is 12.0. The van der Waals surface area contributed by atoms with E-state index >= 15 is 0 Å². The van der Waals surface area contributed by atoms with E-state index in [0.717, 1.165) is 18.5 Å². The van der Waals surface area contributed by atoms with E-state index < -0.39 is 0 Å². The molecule has 1 atom stereocenters. The molecule has 0 aliphatic carbocycles. The van der Waals surface area contributed by atoms with E-state index in [2.05, 4.69) is 15.6 Å². The molecule has 1 unspecified atom stereocenters. The third kappa shape index (κ3) is 4.48. The number of carbonyl (C=O) groups excluding carboxylic acids is 1. The second-order valence-corrected chi connectivity index (χ2v) is 5.42. The maximum absolute atomic E-state index is 11.9. The van der Waals surface area contributed by atoms with Gasteiger partial charge in [0.15, 0.2) is 0 Å². The molecule has 1 aromatic heterocycles. The van der Waals surface area contributed by atoms with Gasteiger partial charge >= 0.3 is 0 Å². The van der Waals surface area contributed by atoms with E-state index in [1.54, 1.807) is 6.20 Å². The maximum atomic E-state index is 11.9. The topological polar surface area (TPSA) is 54.0 Å². The summed E-state index contributed by atoms with van der Waals surface area (Å²) in [5, 5.41) is 6.78. The van der Waals surface area contributed by atoms with Gasteiger partial charge in [0.25, 0.3) is 0 Å². The van der Waals surface area contributed by atoms with Gasteiger partial charge in [-0.2, -0.15) is 0 Å². The van der Waals surface area contributed by atoms with Crippen molar-refractivity contribution in [3.63, 3.8) is 0 Å². The second kappa shape index (κ2) is 6.87. The Morgan fingerprint density at radius 1 is 1.58 bits per heavy atom. The third-order valence-corrected chi connectivity index (χ3v) is 3.83. The van der Waals surface area contributed by atoms with Crippen LogP contribution in [0.5, 0.6) is 0 Å². The molecule has 0 bridgehead atoms. The molecule has 1 aromatic rings. The maximum Gasteiger partial charge on any atom is 0.224 e. The largest absolute Gasteiger partial charge is 0.325 e. The minimum atomic E-state index is 0.0379. The van der Waals surface area contributed by atoms with Gasteiger partial charge in [-0.15, -0.1) is 0 Å². The summed E-state index contributed by atoms with van der Waals surface area (Å²) in [5.74, 6) is 0.0379. The Morgan fingerprint density at radius 3 is 3.11 bits per heavy atom. The fraction of sp³-hybridized carbons (Fsp3) is 0.571. The molecular weight excluding hydrogens is 262 g/mol. The van der Waals surface area contributed by atoms with Gasteiger partial charge in [-0.25, -0.2) is 4.98 Å². The third-order valence-electron chi connectivity index (χ3n) is 3.43. The molecule has 19 heavy (non-hydrogen) atoms. The molecule has 1 aliphatic heterocycles. The number of carbonyl (C=O) groups is 1. The number of pyridine rings is 1. The van der Waals surface area contributed by atoms with Gasteiger partial charge in [-0.1, -0.05) is 18.0 Å². The number of anilines is 1. The summed E-state index contributed by atoms with van der Waals surface area (Å²) in [7, 11) is 0. The quantitative estimate of drug-likeness (QED) is 0.835. The van der Waals surface area contributed by atoms with Crippen molar-refractivity contribution in [1.82, 2.24) is 10.3 Å². The van der Waals surface area contributed by atoms with E-state index in [9.17, 15) is 4.79 Å². The molecule has 1 fully saturated rings. The normalized spacial score (nSPS) is 19.2. The van der Waals surface area contributed by atoms with Crippen LogP contribution in [0, 0.1) is 6.92 Å². The monoisotopic (exact) mass is 281 g/mol. The van der Waals surface area contributed by atoms with Crippen molar-refractivity contribution < 1.29 is 4.79 Å². The Kier molecular flexibility index (Phi) is 5.16. The zero-order valence-electron chi connectivity index (χ0n) is 11.2. The molecule has 2 rings (SSSR count). The summed E-state index contributed by atoms with van der Waals surface area (Å²) < 4.78 is 0. The number of piperidine rings is 1. The van der Waals surface area contributed by atoms with Crippen LogP contribution < -0.4 is 10.6 Å². The first-order chi connectivity index (χ1) is 9.15. The highest BCUT2D eigenvalue weighted by Gasteiger charge is 2.14. The number of aryl methyl sites for hydroxylation is 1. The van der Waals surface area contributed by atoms with Gasteiger partial charge in [0.1, 0.15) is 5.15 Å². The highest BCUT2D eigenvalue weighted by atomic mass is 35.5. The van der Waals surface area contributed by atoms with Gasteiger partial charge in [-0.3, -0.25) is 4.79 Å². The van der Waals surface area contributed by atoms with Crippen LogP contribution in [-0.4, -0.2) is 23.5 Å². The lowest BCUT2D eigenvalue weighted by Gasteiger charge is -2.23. The van der Waals surface area contributed by atoms with Crippen LogP contribution in [0.25, 0.3) is 0 Å². The van der Waals surface area contributed by atoms with Crippen molar-refractivity contribution in [3.05, 3.63) is 23.0 Å².